The van der Waals surface area contributed by atoms with Crippen molar-refractivity contribution in [1.29, 1.82) is 0 Å². The molecule has 3 N–H and O–H groups in total. The Labute approximate surface area is 121 Å². The van der Waals surface area contributed by atoms with Crippen LogP contribution in [0.1, 0.15) is 59.3 Å². The van der Waals surface area contributed by atoms with Gasteiger partial charge in [0.2, 0.25) is 0 Å². The van der Waals surface area contributed by atoms with E-state index in [-0.39, 0.29) is 18.6 Å². The van der Waals surface area contributed by atoms with Crippen molar-refractivity contribution in [2.45, 2.75) is 65.3 Å². The molecule has 20 heavy (non-hydrogen) atoms. The maximum Gasteiger partial charge on any atom is 0.315 e. The highest BCUT2D eigenvalue weighted by Gasteiger charge is 2.32. The van der Waals surface area contributed by atoms with E-state index in [0.717, 1.165) is 19.3 Å². The highest BCUT2D eigenvalue weighted by atomic mass is 16.4. The third kappa shape index (κ3) is 4.39. The second-order valence-corrected chi connectivity index (χ2v) is 6.11. The average molecular weight is 284 g/mol. The predicted molar refractivity (Wildman–Crippen MR) is 78.6 cm³/mol. The number of hydrogen-bond acceptors (Lipinski definition) is 2. The lowest BCUT2D eigenvalue weighted by Crippen LogP contribution is -2.49. The minimum Gasteiger partial charge on any atom is -0.481 e. The minimum atomic E-state index is -0.895. The molecule has 0 bridgehead atoms. The number of nitrogens with one attached hydrogen (secondary N) is 2. The molecule has 5 nitrogen and oxygen atoms in total. The van der Waals surface area contributed by atoms with Crippen LogP contribution in [-0.2, 0) is 4.79 Å². The lowest BCUT2D eigenvalue weighted by Gasteiger charge is -2.32. The number of urea groups is 1. The number of carbonyl (C=O) groups is 2. The summed E-state index contributed by atoms with van der Waals surface area (Å²) < 4.78 is 0. The van der Waals surface area contributed by atoms with Crippen molar-refractivity contribution < 1.29 is 14.7 Å². The summed E-state index contributed by atoms with van der Waals surface area (Å²) in [5, 5.41) is 14.9. The van der Waals surface area contributed by atoms with Crippen LogP contribution in [-0.4, -0.2) is 29.7 Å². The van der Waals surface area contributed by atoms with Gasteiger partial charge in [-0.15, -0.1) is 0 Å². The molecule has 0 radical (unpaired) electrons. The van der Waals surface area contributed by atoms with Crippen molar-refractivity contribution in [3.8, 4) is 0 Å². The number of hydrogen-bond donors (Lipinski definition) is 3. The molecule has 1 aliphatic carbocycles. The first-order chi connectivity index (χ1) is 9.42. The SMILES string of the molecule is CCC1CCCCC1NC(=O)NCC(C)(CC)C(=O)O. The van der Waals surface area contributed by atoms with Gasteiger partial charge in [0.05, 0.1) is 5.41 Å². The van der Waals surface area contributed by atoms with E-state index in [4.69, 9.17) is 0 Å². The highest BCUT2D eigenvalue weighted by Crippen LogP contribution is 2.26. The van der Waals surface area contributed by atoms with Crippen LogP contribution in [0.2, 0.25) is 0 Å². The Bertz CT molecular complexity index is 346. The van der Waals surface area contributed by atoms with Gasteiger partial charge in [0.25, 0.3) is 0 Å². The number of carboxylic acids is 1. The number of amides is 2. The van der Waals surface area contributed by atoms with E-state index in [1.807, 2.05) is 6.92 Å². The summed E-state index contributed by atoms with van der Waals surface area (Å²) in [5.41, 5.74) is -0.895. The monoisotopic (exact) mass is 284 g/mol. The molecule has 0 heterocycles. The Morgan fingerprint density at radius 1 is 1.25 bits per heavy atom. The Kier molecular flexibility index (Phi) is 6.30. The van der Waals surface area contributed by atoms with Gasteiger partial charge in [-0.2, -0.15) is 0 Å². The summed E-state index contributed by atoms with van der Waals surface area (Å²) in [7, 11) is 0. The molecule has 1 fully saturated rings. The fourth-order valence-corrected chi connectivity index (χ4v) is 2.73. The first-order valence-corrected chi connectivity index (χ1v) is 7.70. The van der Waals surface area contributed by atoms with E-state index in [0.29, 0.717) is 12.3 Å². The summed E-state index contributed by atoms with van der Waals surface area (Å²) in [6.45, 7) is 5.79. The molecule has 0 aromatic heterocycles. The number of carbonyl (C=O) groups excluding carboxylic acids is 1. The molecule has 0 spiro atoms. The molecule has 0 aliphatic heterocycles. The van der Waals surface area contributed by atoms with Gasteiger partial charge in [0.1, 0.15) is 0 Å². The van der Waals surface area contributed by atoms with Crippen LogP contribution >= 0.6 is 0 Å². The molecule has 1 saturated carbocycles. The van der Waals surface area contributed by atoms with Crippen molar-refractivity contribution >= 4 is 12.0 Å². The maximum absolute atomic E-state index is 11.9. The van der Waals surface area contributed by atoms with E-state index in [1.54, 1.807) is 6.92 Å². The van der Waals surface area contributed by atoms with Gasteiger partial charge in [-0.1, -0.05) is 33.1 Å². The van der Waals surface area contributed by atoms with Gasteiger partial charge in [-0.05, 0) is 32.1 Å². The Morgan fingerprint density at radius 2 is 1.90 bits per heavy atom. The zero-order valence-corrected chi connectivity index (χ0v) is 12.9. The molecule has 3 unspecified atom stereocenters. The van der Waals surface area contributed by atoms with Crippen LogP contribution in [0.25, 0.3) is 0 Å². The van der Waals surface area contributed by atoms with Crippen molar-refractivity contribution in [3.63, 3.8) is 0 Å². The average Bonchev–Trinajstić information content (AvgIpc) is 2.45. The van der Waals surface area contributed by atoms with E-state index in [9.17, 15) is 14.7 Å². The molecule has 2 amide bonds. The third-order valence-corrected chi connectivity index (χ3v) is 4.69. The van der Waals surface area contributed by atoms with Crippen LogP contribution in [0, 0.1) is 11.3 Å². The van der Waals surface area contributed by atoms with Crippen LogP contribution in [0.3, 0.4) is 0 Å². The summed E-state index contributed by atoms with van der Waals surface area (Å²) in [6, 6.07) is -0.0114. The van der Waals surface area contributed by atoms with Gasteiger partial charge < -0.3 is 15.7 Å². The van der Waals surface area contributed by atoms with Gasteiger partial charge in [-0.3, -0.25) is 4.79 Å². The summed E-state index contributed by atoms with van der Waals surface area (Å²) >= 11 is 0. The smallest absolute Gasteiger partial charge is 0.315 e. The van der Waals surface area contributed by atoms with Crippen LogP contribution in [0.5, 0.6) is 0 Å². The van der Waals surface area contributed by atoms with Crippen LogP contribution in [0.4, 0.5) is 4.79 Å². The molecule has 0 aromatic carbocycles. The Morgan fingerprint density at radius 3 is 2.45 bits per heavy atom. The molecular weight excluding hydrogens is 256 g/mol. The minimum absolute atomic E-state index is 0.161. The molecular formula is C15H28N2O3. The Hall–Kier alpha value is -1.26. The fourth-order valence-electron chi connectivity index (χ4n) is 2.73. The summed E-state index contributed by atoms with van der Waals surface area (Å²) in [6.07, 6.45) is 6.16. The van der Waals surface area contributed by atoms with Gasteiger partial charge in [-0.25, -0.2) is 4.79 Å². The van der Waals surface area contributed by atoms with Gasteiger partial charge in [0.15, 0.2) is 0 Å². The fraction of sp³-hybridized carbons (Fsp3) is 0.867. The van der Waals surface area contributed by atoms with Gasteiger partial charge >= 0.3 is 12.0 Å². The van der Waals surface area contributed by atoms with Crippen molar-refractivity contribution in [3.05, 3.63) is 0 Å². The first-order valence-electron chi connectivity index (χ1n) is 7.70. The van der Waals surface area contributed by atoms with E-state index in [1.165, 1.54) is 12.8 Å². The van der Waals surface area contributed by atoms with Gasteiger partial charge in [0, 0.05) is 12.6 Å². The molecule has 5 heteroatoms. The maximum atomic E-state index is 11.9. The van der Waals surface area contributed by atoms with Crippen LogP contribution < -0.4 is 10.6 Å². The predicted octanol–water partition coefficient (Wildman–Crippen LogP) is 2.76. The van der Waals surface area contributed by atoms with E-state index < -0.39 is 11.4 Å². The Balaban J connectivity index is 2.45. The second kappa shape index (κ2) is 7.50. The second-order valence-electron chi connectivity index (χ2n) is 6.11. The molecule has 1 rings (SSSR count). The highest BCUT2D eigenvalue weighted by molar-refractivity contribution is 5.77. The molecule has 0 saturated heterocycles. The summed E-state index contributed by atoms with van der Waals surface area (Å²) in [5.74, 6) is -0.323. The summed E-state index contributed by atoms with van der Waals surface area (Å²) in [4.78, 5) is 23.1. The molecule has 0 aromatic rings. The standard InChI is InChI=1S/C15H28N2O3/c1-4-11-8-6-7-9-12(11)17-14(20)16-10-15(3,5-2)13(18)19/h11-12H,4-10H2,1-3H3,(H,18,19)(H2,16,17,20). The van der Waals surface area contributed by atoms with E-state index in [2.05, 4.69) is 17.6 Å². The van der Waals surface area contributed by atoms with E-state index >= 15 is 0 Å². The molecule has 116 valence electrons. The zero-order chi connectivity index (χ0) is 15.2. The lowest BCUT2D eigenvalue weighted by molar-refractivity contribution is -0.147. The van der Waals surface area contributed by atoms with Crippen molar-refractivity contribution in [2.75, 3.05) is 6.54 Å². The van der Waals surface area contributed by atoms with Crippen molar-refractivity contribution in [1.82, 2.24) is 10.6 Å². The zero-order valence-electron chi connectivity index (χ0n) is 12.9. The molecule has 3 atom stereocenters. The lowest BCUT2D eigenvalue weighted by atomic mass is 9.83. The number of rotatable bonds is 6. The topological polar surface area (TPSA) is 78.4 Å². The van der Waals surface area contributed by atoms with Crippen molar-refractivity contribution in [2.24, 2.45) is 11.3 Å². The largest absolute Gasteiger partial charge is 0.481 e. The number of aliphatic carboxylic acids is 1. The third-order valence-electron chi connectivity index (χ3n) is 4.69. The normalized spacial score (nSPS) is 25.6. The van der Waals surface area contributed by atoms with Crippen LogP contribution in [0.15, 0.2) is 0 Å². The first kappa shape index (κ1) is 16.8. The quantitative estimate of drug-likeness (QED) is 0.701. The molecule has 1 aliphatic rings. The number of carboxylic acid groups (broad SMARTS) is 1.